The highest BCUT2D eigenvalue weighted by Crippen LogP contribution is 2.24. The molecule has 1 aromatic carbocycles. The van der Waals surface area contributed by atoms with Gasteiger partial charge in [-0.2, -0.15) is 0 Å². The van der Waals surface area contributed by atoms with Gasteiger partial charge in [0.1, 0.15) is 0 Å². The van der Waals surface area contributed by atoms with E-state index in [4.69, 9.17) is 0 Å². The first-order valence-electron chi connectivity index (χ1n) is 7.05. The predicted octanol–water partition coefficient (Wildman–Crippen LogP) is 2.04. The van der Waals surface area contributed by atoms with Gasteiger partial charge in [-0.3, -0.25) is 4.98 Å². The zero-order chi connectivity index (χ0) is 15.6. The van der Waals surface area contributed by atoms with Gasteiger partial charge >= 0.3 is 0 Å². The fourth-order valence-electron chi connectivity index (χ4n) is 2.44. The summed E-state index contributed by atoms with van der Waals surface area (Å²) in [7, 11) is -1.75. The summed E-state index contributed by atoms with van der Waals surface area (Å²) in [5.74, 6) is 0. The number of aromatic nitrogens is 2. The van der Waals surface area contributed by atoms with Crippen molar-refractivity contribution in [1.82, 2.24) is 14.3 Å². The average Bonchev–Trinajstić information content (AvgIpc) is 2.93. The predicted molar refractivity (Wildman–Crippen MR) is 86.4 cm³/mol. The highest BCUT2D eigenvalue weighted by molar-refractivity contribution is 7.90. The molecule has 0 saturated heterocycles. The minimum absolute atomic E-state index is 0.274. The van der Waals surface area contributed by atoms with Crippen LogP contribution in [0.15, 0.2) is 59.8 Å². The lowest BCUT2D eigenvalue weighted by Crippen LogP contribution is -2.12. The molecular weight excluding hydrogens is 298 g/mol. The van der Waals surface area contributed by atoms with E-state index in [1.807, 2.05) is 7.05 Å². The molecule has 114 valence electrons. The van der Waals surface area contributed by atoms with Gasteiger partial charge in [0, 0.05) is 12.4 Å². The number of benzene rings is 1. The molecule has 0 amide bonds. The number of nitrogens with zero attached hydrogens (tertiary/aromatic N) is 2. The van der Waals surface area contributed by atoms with E-state index in [0.29, 0.717) is 5.52 Å². The molecule has 22 heavy (non-hydrogen) atoms. The summed E-state index contributed by atoms with van der Waals surface area (Å²) in [5.41, 5.74) is 2.26. The second kappa shape index (κ2) is 5.90. The number of fused-ring (bicyclic) bond motifs is 1. The lowest BCUT2D eigenvalue weighted by Gasteiger charge is -2.06. The minimum Gasteiger partial charge on any atom is -0.319 e. The Labute approximate surface area is 129 Å². The Morgan fingerprint density at radius 2 is 1.91 bits per heavy atom. The van der Waals surface area contributed by atoms with Crippen molar-refractivity contribution in [3.8, 4) is 0 Å². The molecule has 0 aliphatic carbocycles. The third kappa shape index (κ3) is 2.51. The summed E-state index contributed by atoms with van der Waals surface area (Å²) in [4.78, 5) is 4.62. The quantitative estimate of drug-likeness (QED) is 0.782. The van der Waals surface area contributed by atoms with Crippen LogP contribution in [0.4, 0.5) is 0 Å². The van der Waals surface area contributed by atoms with E-state index in [1.54, 1.807) is 54.9 Å². The topological polar surface area (TPSA) is 64.0 Å². The maximum Gasteiger partial charge on any atom is 0.268 e. The van der Waals surface area contributed by atoms with Crippen LogP contribution < -0.4 is 5.32 Å². The number of rotatable bonds is 5. The zero-order valence-electron chi connectivity index (χ0n) is 12.2. The average molecular weight is 315 g/mol. The third-order valence-corrected chi connectivity index (χ3v) is 5.23. The second-order valence-electron chi connectivity index (χ2n) is 4.99. The van der Waals surface area contributed by atoms with Crippen LogP contribution >= 0.6 is 0 Å². The van der Waals surface area contributed by atoms with Crippen LogP contribution in [0.5, 0.6) is 0 Å². The van der Waals surface area contributed by atoms with Crippen LogP contribution in [0.3, 0.4) is 0 Å². The van der Waals surface area contributed by atoms with Crippen molar-refractivity contribution < 1.29 is 8.42 Å². The maximum atomic E-state index is 12.9. The number of likely N-dealkylation sites (N-methyl/N-ethyl adjacent to an activating group) is 1. The van der Waals surface area contributed by atoms with Gasteiger partial charge in [0.2, 0.25) is 0 Å². The van der Waals surface area contributed by atoms with Gasteiger partial charge in [-0.05, 0) is 49.8 Å². The SMILES string of the molecule is CNCCc1cn(S(=O)(=O)c2ccccc2)c2cccnc12. The molecule has 0 spiro atoms. The van der Waals surface area contributed by atoms with Crippen LogP contribution in [0.2, 0.25) is 0 Å². The highest BCUT2D eigenvalue weighted by atomic mass is 32.2. The van der Waals surface area contributed by atoms with Gasteiger partial charge < -0.3 is 5.32 Å². The Bertz CT molecular complexity index is 886. The second-order valence-corrected chi connectivity index (χ2v) is 6.81. The number of nitrogens with one attached hydrogen (secondary N) is 1. The Morgan fingerprint density at radius 3 is 2.64 bits per heavy atom. The maximum absolute atomic E-state index is 12.9. The Balaban J connectivity index is 2.19. The summed E-state index contributed by atoms with van der Waals surface area (Å²) >= 11 is 0. The van der Waals surface area contributed by atoms with Crippen molar-refractivity contribution in [3.63, 3.8) is 0 Å². The first kappa shape index (κ1) is 14.7. The summed E-state index contributed by atoms with van der Waals surface area (Å²) in [5, 5.41) is 3.07. The fraction of sp³-hybridized carbons (Fsp3) is 0.188. The molecule has 6 heteroatoms. The van der Waals surface area contributed by atoms with Crippen molar-refractivity contribution in [2.75, 3.05) is 13.6 Å². The molecule has 5 nitrogen and oxygen atoms in total. The van der Waals surface area contributed by atoms with Crippen molar-refractivity contribution in [2.45, 2.75) is 11.3 Å². The summed E-state index contributed by atoms with van der Waals surface area (Å²) < 4.78 is 27.0. The normalized spacial score (nSPS) is 11.9. The van der Waals surface area contributed by atoms with Gasteiger partial charge in [-0.15, -0.1) is 0 Å². The zero-order valence-corrected chi connectivity index (χ0v) is 13.0. The third-order valence-electron chi connectivity index (χ3n) is 3.55. The molecule has 2 aromatic heterocycles. The fourth-order valence-corrected chi connectivity index (χ4v) is 3.84. The van der Waals surface area contributed by atoms with Crippen molar-refractivity contribution >= 4 is 21.1 Å². The van der Waals surface area contributed by atoms with Gasteiger partial charge in [-0.1, -0.05) is 18.2 Å². The molecule has 0 unspecified atom stereocenters. The molecule has 0 fully saturated rings. The van der Waals surface area contributed by atoms with Gasteiger partial charge in [0.25, 0.3) is 10.0 Å². The number of pyridine rings is 1. The first-order valence-corrected chi connectivity index (χ1v) is 8.49. The largest absolute Gasteiger partial charge is 0.319 e. The molecule has 2 heterocycles. The van der Waals surface area contributed by atoms with E-state index < -0.39 is 10.0 Å². The van der Waals surface area contributed by atoms with Crippen LogP contribution in [-0.2, 0) is 16.4 Å². The molecule has 0 aliphatic rings. The van der Waals surface area contributed by atoms with Gasteiger partial charge in [-0.25, -0.2) is 12.4 Å². The van der Waals surface area contributed by atoms with Gasteiger partial charge in [0.15, 0.2) is 0 Å². The standard InChI is InChI=1S/C16H17N3O2S/c1-17-11-9-13-12-19(15-8-5-10-18-16(13)15)22(20,21)14-6-3-2-4-7-14/h2-8,10,12,17H,9,11H2,1H3. The van der Waals surface area contributed by atoms with E-state index in [-0.39, 0.29) is 4.90 Å². The summed E-state index contributed by atoms with van der Waals surface area (Å²) in [6.07, 6.45) is 4.09. The van der Waals surface area contributed by atoms with E-state index in [2.05, 4.69) is 10.3 Å². The number of hydrogen-bond donors (Lipinski definition) is 1. The van der Waals surface area contributed by atoms with E-state index in [0.717, 1.165) is 24.0 Å². The molecular formula is C16H17N3O2S. The molecule has 0 aliphatic heterocycles. The summed E-state index contributed by atoms with van der Waals surface area (Å²) in [6, 6.07) is 12.0. The van der Waals surface area contributed by atoms with Gasteiger partial charge in [0.05, 0.1) is 15.9 Å². The van der Waals surface area contributed by atoms with E-state index in [9.17, 15) is 8.42 Å². The summed E-state index contributed by atoms with van der Waals surface area (Å²) in [6.45, 7) is 0.765. The lowest BCUT2D eigenvalue weighted by atomic mass is 10.2. The lowest BCUT2D eigenvalue weighted by molar-refractivity contribution is 0.589. The van der Waals surface area contributed by atoms with E-state index in [1.165, 1.54) is 3.97 Å². The van der Waals surface area contributed by atoms with Crippen LogP contribution in [0.1, 0.15) is 5.56 Å². The minimum atomic E-state index is -3.61. The van der Waals surface area contributed by atoms with E-state index >= 15 is 0 Å². The smallest absolute Gasteiger partial charge is 0.268 e. The molecule has 0 radical (unpaired) electrons. The highest BCUT2D eigenvalue weighted by Gasteiger charge is 2.21. The molecule has 0 atom stereocenters. The Morgan fingerprint density at radius 1 is 1.14 bits per heavy atom. The van der Waals surface area contributed by atoms with Crippen molar-refractivity contribution in [3.05, 3.63) is 60.4 Å². The van der Waals surface area contributed by atoms with Crippen molar-refractivity contribution in [2.24, 2.45) is 0 Å². The monoisotopic (exact) mass is 315 g/mol. The van der Waals surface area contributed by atoms with Crippen LogP contribution in [0.25, 0.3) is 11.0 Å². The number of hydrogen-bond acceptors (Lipinski definition) is 4. The molecule has 3 aromatic rings. The van der Waals surface area contributed by atoms with Crippen molar-refractivity contribution in [1.29, 1.82) is 0 Å². The first-order chi connectivity index (χ1) is 10.6. The Hall–Kier alpha value is -2.18. The molecule has 1 N–H and O–H groups in total. The molecule has 3 rings (SSSR count). The van der Waals surface area contributed by atoms with Crippen LogP contribution in [0, 0.1) is 0 Å². The molecule has 0 saturated carbocycles. The van der Waals surface area contributed by atoms with Crippen LogP contribution in [-0.4, -0.2) is 31.0 Å². The molecule has 0 bridgehead atoms. The Kier molecular flexibility index (Phi) is 3.96.